The molecule has 0 aliphatic carbocycles. The number of rotatable bonds is 4. The second kappa shape index (κ2) is 8.09. The number of aromatic nitrogens is 1. The van der Waals surface area contributed by atoms with Gasteiger partial charge in [-0.2, -0.15) is 0 Å². The van der Waals surface area contributed by atoms with E-state index >= 15 is 0 Å². The molecule has 0 fully saturated rings. The van der Waals surface area contributed by atoms with Crippen molar-refractivity contribution in [2.75, 3.05) is 11.4 Å². The zero-order valence-electron chi connectivity index (χ0n) is 16.3. The van der Waals surface area contributed by atoms with Gasteiger partial charge in [-0.1, -0.05) is 65.4 Å². The normalized spacial score (nSPS) is 13.3. The van der Waals surface area contributed by atoms with Gasteiger partial charge in [-0.25, -0.2) is 4.98 Å². The zero-order valence-corrected chi connectivity index (χ0v) is 17.8. The molecule has 6 heteroatoms. The van der Waals surface area contributed by atoms with Crippen LogP contribution in [-0.4, -0.2) is 17.4 Å². The summed E-state index contributed by atoms with van der Waals surface area (Å²) in [6.45, 7) is 1.32. The van der Waals surface area contributed by atoms with Crippen molar-refractivity contribution in [1.82, 2.24) is 10.3 Å². The Labute approximate surface area is 184 Å². The molecule has 0 saturated heterocycles. The molecule has 1 aliphatic rings. The van der Waals surface area contributed by atoms with Crippen molar-refractivity contribution in [2.45, 2.75) is 19.4 Å². The van der Waals surface area contributed by atoms with Gasteiger partial charge in [-0.05, 0) is 48.2 Å². The fourth-order valence-electron chi connectivity index (χ4n) is 3.88. The van der Waals surface area contributed by atoms with Gasteiger partial charge in [0.25, 0.3) is 5.91 Å². The minimum Gasteiger partial charge on any atom is -0.348 e. The molecule has 0 bridgehead atoms. The second-order valence-corrected chi connectivity index (χ2v) is 8.72. The van der Waals surface area contributed by atoms with Gasteiger partial charge < -0.3 is 10.2 Å². The monoisotopic (exact) mass is 433 g/mol. The summed E-state index contributed by atoms with van der Waals surface area (Å²) in [5.41, 5.74) is 4.79. The molecule has 30 heavy (non-hydrogen) atoms. The molecule has 2 heterocycles. The fourth-order valence-corrected chi connectivity index (χ4v) is 5.12. The van der Waals surface area contributed by atoms with Crippen molar-refractivity contribution in [3.05, 3.63) is 88.4 Å². The van der Waals surface area contributed by atoms with Gasteiger partial charge in [-0.15, -0.1) is 0 Å². The van der Waals surface area contributed by atoms with Crippen LogP contribution in [0, 0.1) is 0 Å². The number of nitrogens with zero attached hydrogens (tertiary/aromatic N) is 2. The van der Waals surface area contributed by atoms with Crippen LogP contribution in [0.1, 0.15) is 27.9 Å². The van der Waals surface area contributed by atoms with E-state index in [-0.39, 0.29) is 5.91 Å². The Hall–Kier alpha value is -2.89. The molecular formula is C24H20ClN3OS. The van der Waals surface area contributed by atoms with E-state index in [0.29, 0.717) is 17.1 Å². The number of anilines is 2. The summed E-state index contributed by atoms with van der Waals surface area (Å²) >= 11 is 7.84. The lowest BCUT2D eigenvalue weighted by Gasteiger charge is -2.28. The molecule has 1 aliphatic heterocycles. The van der Waals surface area contributed by atoms with E-state index in [2.05, 4.69) is 34.5 Å². The maximum atomic E-state index is 12.9. The number of fused-ring (bicyclic) bond motifs is 2. The zero-order chi connectivity index (χ0) is 20.5. The van der Waals surface area contributed by atoms with Crippen molar-refractivity contribution in [2.24, 2.45) is 0 Å². The number of aryl methyl sites for hydroxylation is 1. The standard InChI is InChI=1S/C24H20ClN3OS/c25-19-11-3-1-8-17(19)15-26-23(29)18-10-5-13-21-22(18)27-24(30-21)28-14-6-9-16-7-2-4-12-20(16)28/h1-5,7-8,10-13H,6,9,14-15H2,(H,26,29). The Morgan fingerprint density at radius 2 is 1.90 bits per heavy atom. The first-order valence-electron chi connectivity index (χ1n) is 9.97. The predicted molar refractivity (Wildman–Crippen MR) is 124 cm³/mol. The van der Waals surface area contributed by atoms with Crippen LogP contribution < -0.4 is 10.2 Å². The van der Waals surface area contributed by atoms with Crippen LogP contribution in [0.15, 0.2) is 66.7 Å². The molecule has 0 saturated carbocycles. The number of benzene rings is 3. The molecule has 4 nitrogen and oxygen atoms in total. The molecule has 5 rings (SSSR count). The molecule has 1 aromatic heterocycles. The van der Waals surface area contributed by atoms with E-state index in [1.54, 1.807) is 11.3 Å². The van der Waals surface area contributed by atoms with Crippen molar-refractivity contribution in [1.29, 1.82) is 0 Å². The van der Waals surface area contributed by atoms with E-state index in [0.717, 1.165) is 40.3 Å². The third-order valence-corrected chi connectivity index (χ3v) is 6.80. The van der Waals surface area contributed by atoms with Crippen molar-refractivity contribution >= 4 is 49.9 Å². The van der Waals surface area contributed by atoms with Gasteiger partial charge >= 0.3 is 0 Å². The number of halogens is 1. The molecule has 3 aromatic carbocycles. The number of para-hydroxylation sites is 2. The van der Waals surface area contributed by atoms with E-state index in [1.165, 1.54) is 11.3 Å². The number of carbonyl (C=O) groups excluding carboxylic acids is 1. The lowest BCUT2D eigenvalue weighted by molar-refractivity contribution is 0.0952. The van der Waals surface area contributed by atoms with Crippen LogP contribution in [0.2, 0.25) is 5.02 Å². The number of thiazole rings is 1. The second-order valence-electron chi connectivity index (χ2n) is 7.31. The predicted octanol–water partition coefficient (Wildman–Crippen LogP) is 5.96. The summed E-state index contributed by atoms with van der Waals surface area (Å²) in [5, 5.41) is 4.56. The highest BCUT2D eigenvalue weighted by Crippen LogP contribution is 2.38. The summed E-state index contributed by atoms with van der Waals surface area (Å²) in [4.78, 5) is 20.1. The van der Waals surface area contributed by atoms with Gasteiger partial charge in [-0.3, -0.25) is 4.79 Å². The molecule has 4 aromatic rings. The van der Waals surface area contributed by atoms with Crippen LogP contribution in [0.3, 0.4) is 0 Å². The van der Waals surface area contributed by atoms with E-state index < -0.39 is 0 Å². The first-order chi connectivity index (χ1) is 14.7. The van der Waals surface area contributed by atoms with Crippen molar-refractivity contribution < 1.29 is 4.79 Å². The number of amides is 1. The number of hydrogen-bond donors (Lipinski definition) is 1. The molecule has 0 unspecified atom stereocenters. The van der Waals surface area contributed by atoms with Gasteiger partial charge in [0.2, 0.25) is 0 Å². The van der Waals surface area contributed by atoms with Gasteiger partial charge in [0, 0.05) is 23.8 Å². The first kappa shape index (κ1) is 19.1. The molecule has 1 amide bonds. The maximum absolute atomic E-state index is 12.9. The summed E-state index contributed by atoms with van der Waals surface area (Å²) < 4.78 is 1.01. The highest BCUT2D eigenvalue weighted by Gasteiger charge is 2.22. The van der Waals surface area contributed by atoms with Gasteiger partial charge in [0.05, 0.1) is 15.8 Å². The molecule has 0 atom stereocenters. The van der Waals surface area contributed by atoms with Crippen molar-refractivity contribution in [3.8, 4) is 0 Å². The number of nitrogens with one attached hydrogen (secondary N) is 1. The SMILES string of the molecule is O=C(NCc1ccccc1Cl)c1cccc2sc(N3CCCc4ccccc43)nc12. The van der Waals surface area contributed by atoms with Crippen LogP contribution in [0.5, 0.6) is 0 Å². The Balaban J connectivity index is 1.45. The maximum Gasteiger partial charge on any atom is 0.253 e. The Kier molecular flexibility index (Phi) is 5.15. The average Bonchev–Trinajstić information content (AvgIpc) is 3.22. The van der Waals surface area contributed by atoms with Gasteiger partial charge in [0.15, 0.2) is 5.13 Å². The molecule has 0 spiro atoms. The lowest BCUT2D eigenvalue weighted by Crippen LogP contribution is -2.24. The van der Waals surface area contributed by atoms with Crippen LogP contribution >= 0.6 is 22.9 Å². The number of hydrogen-bond acceptors (Lipinski definition) is 4. The number of carbonyl (C=O) groups is 1. The van der Waals surface area contributed by atoms with E-state index in [4.69, 9.17) is 16.6 Å². The van der Waals surface area contributed by atoms with E-state index in [9.17, 15) is 4.79 Å². The van der Waals surface area contributed by atoms with Crippen LogP contribution in [0.4, 0.5) is 10.8 Å². The highest BCUT2D eigenvalue weighted by atomic mass is 35.5. The minimum absolute atomic E-state index is 0.142. The molecule has 1 N–H and O–H groups in total. The topological polar surface area (TPSA) is 45.2 Å². The van der Waals surface area contributed by atoms with Gasteiger partial charge in [0.1, 0.15) is 0 Å². The summed E-state index contributed by atoms with van der Waals surface area (Å²) in [6.07, 6.45) is 2.19. The third kappa shape index (κ3) is 3.55. The summed E-state index contributed by atoms with van der Waals surface area (Å²) in [5.74, 6) is -0.142. The largest absolute Gasteiger partial charge is 0.348 e. The molecular weight excluding hydrogens is 414 g/mol. The highest BCUT2D eigenvalue weighted by molar-refractivity contribution is 7.22. The molecule has 150 valence electrons. The average molecular weight is 434 g/mol. The molecule has 0 radical (unpaired) electrons. The third-order valence-electron chi connectivity index (χ3n) is 5.39. The van der Waals surface area contributed by atoms with Crippen molar-refractivity contribution in [3.63, 3.8) is 0 Å². The van der Waals surface area contributed by atoms with Crippen LogP contribution in [-0.2, 0) is 13.0 Å². The summed E-state index contributed by atoms with van der Waals surface area (Å²) in [6, 6.07) is 21.8. The first-order valence-corrected chi connectivity index (χ1v) is 11.2. The smallest absolute Gasteiger partial charge is 0.253 e. The Bertz CT molecular complexity index is 1240. The Morgan fingerprint density at radius 1 is 1.07 bits per heavy atom. The summed E-state index contributed by atoms with van der Waals surface area (Å²) in [7, 11) is 0. The minimum atomic E-state index is -0.142. The fraction of sp³-hybridized carbons (Fsp3) is 0.167. The quantitative estimate of drug-likeness (QED) is 0.431. The Morgan fingerprint density at radius 3 is 2.80 bits per heavy atom. The van der Waals surface area contributed by atoms with E-state index in [1.807, 2.05) is 42.5 Å². The lowest BCUT2D eigenvalue weighted by atomic mass is 10.0. The van der Waals surface area contributed by atoms with Crippen LogP contribution in [0.25, 0.3) is 10.2 Å².